The lowest BCUT2D eigenvalue weighted by Gasteiger charge is -2.13. The molecule has 1 nitrogen and oxygen atoms in total. The molecule has 0 bridgehead atoms. The molecule has 3 heteroatoms. The van der Waals surface area contributed by atoms with Gasteiger partial charge in [0.15, 0.2) is 0 Å². The molecule has 2 aromatic rings. The van der Waals surface area contributed by atoms with Crippen molar-refractivity contribution in [1.29, 1.82) is 0 Å². The van der Waals surface area contributed by atoms with Crippen molar-refractivity contribution < 1.29 is 0 Å². The highest BCUT2D eigenvalue weighted by molar-refractivity contribution is 9.10. The third kappa shape index (κ3) is 2.88. The SMILES string of the molecule is Cc1cccc(C)c1CNc1cccc(Cl)c1Br. The average Bonchev–Trinajstić information content (AvgIpc) is 2.33. The number of nitrogens with one attached hydrogen (secondary N) is 1. The molecule has 0 amide bonds. The van der Waals surface area contributed by atoms with Crippen LogP contribution in [0.4, 0.5) is 5.69 Å². The summed E-state index contributed by atoms with van der Waals surface area (Å²) in [5, 5.41) is 4.14. The molecule has 18 heavy (non-hydrogen) atoms. The smallest absolute Gasteiger partial charge is 0.0593 e. The van der Waals surface area contributed by atoms with E-state index in [-0.39, 0.29) is 0 Å². The summed E-state index contributed by atoms with van der Waals surface area (Å²) in [7, 11) is 0. The summed E-state index contributed by atoms with van der Waals surface area (Å²) in [5.74, 6) is 0. The highest BCUT2D eigenvalue weighted by atomic mass is 79.9. The Balaban J connectivity index is 2.19. The minimum absolute atomic E-state index is 0.724. The quantitative estimate of drug-likeness (QED) is 0.804. The third-order valence-electron chi connectivity index (χ3n) is 3.05. The first-order valence-corrected chi connectivity index (χ1v) is 6.99. The Labute approximate surface area is 121 Å². The summed E-state index contributed by atoms with van der Waals surface area (Å²) < 4.78 is 0.915. The number of hydrogen-bond donors (Lipinski definition) is 1. The molecule has 0 saturated heterocycles. The maximum Gasteiger partial charge on any atom is 0.0593 e. The predicted molar refractivity (Wildman–Crippen MR) is 82.4 cm³/mol. The minimum atomic E-state index is 0.724. The van der Waals surface area contributed by atoms with Crippen molar-refractivity contribution in [2.24, 2.45) is 0 Å². The molecule has 0 aliphatic heterocycles. The van der Waals surface area contributed by atoms with E-state index in [9.17, 15) is 0 Å². The van der Waals surface area contributed by atoms with Crippen LogP contribution in [-0.4, -0.2) is 0 Å². The highest BCUT2D eigenvalue weighted by Gasteiger charge is 2.05. The topological polar surface area (TPSA) is 12.0 Å². The zero-order valence-corrected chi connectivity index (χ0v) is 12.8. The molecule has 0 aliphatic rings. The van der Waals surface area contributed by atoms with Gasteiger partial charge in [0.1, 0.15) is 0 Å². The van der Waals surface area contributed by atoms with Gasteiger partial charge in [-0.3, -0.25) is 0 Å². The second kappa shape index (κ2) is 5.77. The second-order valence-electron chi connectivity index (χ2n) is 4.33. The van der Waals surface area contributed by atoms with E-state index >= 15 is 0 Å². The summed E-state index contributed by atoms with van der Waals surface area (Å²) in [5.41, 5.74) is 4.97. The van der Waals surface area contributed by atoms with Crippen molar-refractivity contribution in [2.75, 3.05) is 5.32 Å². The van der Waals surface area contributed by atoms with E-state index in [4.69, 9.17) is 11.6 Å². The van der Waals surface area contributed by atoms with Gasteiger partial charge < -0.3 is 5.32 Å². The van der Waals surface area contributed by atoms with E-state index in [1.165, 1.54) is 16.7 Å². The maximum atomic E-state index is 6.07. The van der Waals surface area contributed by atoms with Gasteiger partial charge in [-0.25, -0.2) is 0 Å². The summed E-state index contributed by atoms with van der Waals surface area (Å²) in [6, 6.07) is 12.2. The van der Waals surface area contributed by atoms with Crippen molar-refractivity contribution in [3.05, 3.63) is 62.6 Å². The molecule has 0 saturated carbocycles. The van der Waals surface area contributed by atoms with Crippen molar-refractivity contribution in [2.45, 2.75) is 20.4 Å². The third-order valence-corrected chi connectivity index (χ3v) is 4.45. The van der Waals surface area contributed by atoms with Crippen LogP contribution < -0.4 is 5.32 Å². The van der Waals surface area contributed by atoms with Crippen LogP contribution in [0.2, 0.25) is 5.02 Å². The molecular weight excluding hydrogens is 310 g/mol. The van der Waals surface area contributed by atoms with Crippen LogP contribution in [0.3, 0.4) is 0 Å². The van der Waals surface area contributed by atoms with Gasteiger partial charge in [0.25, 0.3) is 0 Å². The maximum absolute atomic E-state index is 6.07. The number of anilines is 1. The molecule has 0 heterocycles. The van der Waals surface area contributed by atoms with Crippen LogP contribution in [0, 0.1) is 13.8 Å². The number of rotatable bonds is 3. The zero-order chi connectivity index (χ0) is 13.1. The van der Waals surface area contributed by atoms with Crippen LogP contribution in [-0.2, 0) is 6.54 Å². The zero-order valence-electron chi connectivity index (χ0n) is 10.4. The van der Waals surface area contributed by atoms with E-state index in [0.29, 0.717) is 0 Å². The number of halogens is 2. The first-order valence-electron chi connectivity index (χ1n) is 5.82. The van der Waals surface area contributed by atoms with E-state index < -0.39 is 0 Å². The Kier molecular flexibility index (Phi) is 4.31. The molecule has 0 spiro atoms. The molecule has 0 atom stereocenters. The first kappa shape index (κ1) is 13.4. The fraction of sp³-hybridized carbons (Fsp3) is 0.200. The fourth-order valence-corrected chi connectivity index (χ4v) is 2.53. The summed E-state index contributed by atoms with van der Waals surface area (Å²) in [6.07, 6.45) is 0. The number of aryl methyl sites for hydroxylation is 2. The summed E-state index contributed by atoms with van der Waals surface area (Å²) in [4.78, 5) is 0. The number of hydrogen-bond acceptors (Lipinski definition) is 1. The van der Waals surface area contributed by atoms with Gasteiger partial charge in [-0.05, 0) is 58.6 Å². The molecule has 2 aromatic carbocycles. The molecule has 94 valence electrons. The van der Waals surface area contributed by atoms with E-state index in [1.807, 2.05) is 18.2 Å². The lowest BCUT2D eigenvalue weighted by molar-refractivity contribution is 1.09. The summed E-state index contributed by atoms with van der Waals surface area (Å²) in [6.45, 7) is 5.07. The Morgan fingerprint density at radius 3 is 2.33 bits per heavy atom. The molecule has 0 unspecified atom stereocenters. The Hall–Kier alpha value is -0.990. The van der Waals surface area contributed by atoms with Crippen LogP contribution >= 0.6 is 27.5 Å². The Morgan fingerprint density at radius 2 is 1.67 bits per heavy atom. The van der Waals surface area contributed by atoms with Gasteiger partial charge in [-0.1, -0.05) is 35.9 Å². The molecule has 0 aliphatic carbocycles. The molecule has 0 aromatic heterocycles. The second-order valence-corrected chi connectivity index (χ2v) is 5.53. The Bertz CT molecular complexity index is 546. The van der Waals surface area contributed by atoms with Crippen molar-refractivity contribution in [3.63, 3.8) is 0 Å². The molecule has 2 rings (SSSR count). The lowest BCUT2D eigenvalue weighted by Crippen LogP contribution is -2.04. The van der Waals surface area contributed by atoms with Gasteiger partial charge in [0, 0.05) is 6.54 Å². The van der Waals surface area contributed by atoms with Crippen molar-refractivity contribution in [3.8, 4) is 0 Å². The molecular formula is C15H15BrClN. The van der Waals surface area contributed by atoms with E-state index in [2.05, 4.69) is 53.3 Å². The average molecular weight is 325 g/mol. The molecule has 0 fully saturated rings. The van der Waals surface area contributed by atoms with Crippen LogP contribution in [0.5, 0.6) is 0 Å². The minimum Gasteiger partial charge on any atom is -0.380 e. The lowest BCUT2D eigenvalue weighted by atomic mass is 10.0. The largest absolute Gasteiger partial charge is 0.380 e. The van der Waals surface area contributed by atoms with Crippen molar-refractivity contribution in [1.82, 2.24) is 0 Å². The van der Waals surface area contributed by atoms with Crippen molar-refractivity contribution >= 4 is 33.2 Å². The van der Waals surface area contributed by atoms with Gasteiger partial charge in [-0.2, -0.15) is 0 Å². The van der Waals surface area contributed by atoms with Gasteiger partial charge >= 0.3 is 0 Å². The van der Waals surface area contributed by atoms with E-state index in [0.717, 1.165) is 21.7 Å². The van der Waals surface area contributed by atoms with Gasteiger partial charge in [-0.15, -0.1) is 0 Å². The number of benzene rings is 2. The van der Waals surface area contributed by atoms with Gasteiger partial charge in [0.05, 0.1) is 15.2 Å². The monoisotopic (exact) mass is 323 g/mol. The standard InChI is InChI=1S/C15H15BrClN/c1-10-5-3-6-11(2)12(10)9-18-14-8-4-7-13(17)15(14)16/h3-8,18H,9H2,1-2H3. The first-order chi connectivity index (χ1) is 8.59. The summed E-state index contributed by atoms with van der Waals surface area (Å²) >= 11 is 9.57. The Morgan fingerprint density at radius 1 is 1.06 bits per heavy atom. The predicted octanol–water partition coefficient (Wildman–Crippen LogP) is 5.33. The fourth-order valence-electron chi connectivity index (χ4n) is 1.95. The van der Waals surface area contributed by atoms with Crippen LogP contribution in [0.15, 0.2) is 40.9 Å². The normalized spacial score (nSPS) is 10.4. The molecule has 0 radical (unpaired) electrons. The van der Waals surface area contributed by atoms with Crippen LogP contribution in [0.1, 0.15) is 16.7 Å². The van der Waals surface area contributed by atoms with Crippen LogP contribution in [0.25, 0.3) is 0 Å². The van der Waals surface area contributed by atoms with E-state index in [1.54, 1.807) is 0 Å². The van der Waals surface area contributed by atoms with Gasteiger partial charge in [0.2, 0.25) is 0 Å². The highest BCUT2D eigenvalue weighted by Crippen LogP contribution is 2.30. The molecule has 1 N–H and O–H groups in total.